The number of carbonyl (C=O) groups excluding carboxylic acids is 1. The van der Waals surface area contributed by atoms with Crippen molar-refractivity contribution in [3.8, 4) is 5.75 Å². The quantitative estimate of drug-likeness (QED) is 0.852. The molecule has 0 aliphatic heterocycles. The summed E-state index contributed by atoms with van der Waals surface area (Å²) in [7, 11) is 0. The number of phenolic OH excluding ortho intramolecular Hbond substituents is 1. The van der Waals surface area contributed by atoms with E-state index in [0.29, 0.717) is 11.3 Å². The van der Waals surface area contributed by atoms with E-state index in [1.807, 2.05) is 0 Å². The predicted octanol–water partition coefficient (Wildman–Crippen LogP) is 3.51. The highest BCUT2D eigenvalue weighted by Crippen LogP contribution is 2.26. The summed E-state index contributed by atoms with van der Waals surface area (Å²) in [5.74, 6) is -2.41. The molecule has 2 aromatic rings. The number of carbonyl (C=O) groups is 1. The zero-order chi connectivity index (χ0) is 14.7. The molecule has 0 aliphatic carbocycles. The van der Waals surface area contributed by atoms with Gasteiger partial charge in [-0.3, -0.25) is 4.79 Å². The van der Waals surface area contributed by atoms with Crippen LogP contribution in [0.15, 0.2) is 36.4 Å². The Bertz CT molecular complexity index is 662. The number of amides is 1. The van der Waals surface area contributed by atoms with E-state index in [0.717, 1.165) is 12.1 Å². The summed E-state index contributed by atoms with van der Waals surface area (Å²) in [6.07, 6.45) is -0.117. The molecule has 6 heteroatoms. The lowest BCUT2D eigenvalue weighted by molar-refractivity contribution is -0.115. The van der Waals surface area contributed by atoms with Gasteiger partial charge >= 0.3 is 0 Å². The highest BCUT2D eigenvalue weighted by atomic mass is 35.5. The summed E-state index contributed by atoms with van der Waals surface area (Å²) in [5, 5.41) is 11.9. The van der Waals surface area contributed by atoms with Gasteiger partial charge in [0.1, 0.15) is 5.75 Å². The minimum atomic E-state index is -1.00. The van der Waals surface area contributed by atoms with E-state index in [1.54, 1.807) is 0 Å². The number of anilines is 1. The van der Waals surface area contributed by atoms with E-state index in [1.165, 1.54) is 24.3 Å². The van der Waals surface area contributed by atoms with E-state index < -0.39 is 17.5 Å². The van der Waals surface area contributed by atoms with Gasteiger partial charge < -0.3 is 10.4 Å². The second-order valence-corrected chi connectivity index (χ2v) is 4.54. The summed E-state index contributed by atoms with van der Waals surface area (Å²) in [6, 6.07) is 7.36. The van der Waals surface area contributed by atoms with Crippen molar-refractivity contribution in [3.63, 3.8) is 0 Å². The van der Waals surface area contributed by atoms with Crippen LogP contribution in [0.5, 0.6) is 5.75 Å². The molecule has 0 saturated heterocycles. The third-order valence-electron chi connectivity index (χ3n) is 2.58. The molecule has 2 rings (SSSR count). The van der Waals surface area contributed by atoms with Crippen LogP contribution in [0, 0.1) is 11.6 Å². The first kappa shape index (κ1) is 14.3. The van der Waals surface area contributed by atoms with Gasteiger partial charge in [0.25, 0.3) is 0 Å². The van der Waals surface area contributed by atoms with Crippen LogP contribution in [0.2, 0.25) is 5.02 Å². The second-order valence-electron chi connectivity index (χ2n) is 4.14. The molecule has 104 valence electrons. The summed E-state index contributed by atoms with van der Waals surface area (Å²) < 4.78 is 25.8. The summed E-state index contributed by atoms with van der Waals surface area (Å²) in [4.78, 5) is 11.8. The number of halogens is 3. The van der Waals surface area contributed by atoms with E-state index in [-0.39, 0.29) is 17.2 Å². The molecule has 0 spiro atoms. The molecule has 0 atom stereocenters. The van der Waals surface area contributed by atoms with E-state index in [2.05, 4.69) is 5.32 Å². The maximum Gasteiger partial charge on any atom is 0.228 e. The van der Waals surface area contributed by atoms with Crippen LogP contribution in [0.1, 0.15) is 5.56 Å². The Hall–Kier alpha value is -2.14. The lowest BCUT2D eigenvalue weighted by atomic mass is 10.1. The molecule has 0 aliphatic rings. The fourth-order valence-electron chi connectivity index (χ4n) is 1.63. The fourth-order valence-corrected chi connectivity index (χ4v) is 1.86. The molecule has 0 aromatic heterocycles. The number of nitrogens with one attached hydrogen (secondary N) is 1. The van der Waals surface area contributed by atoms with Gasteiger partial charge in [-0.15, -0.1) is 0 Å². The maximum atomic E-state index is 13.0. The Morgan fingerprint density at radius 1 is 1.15 bits per heavy atom. The van der Waals surface area contributed by atoms with Crippen molar-refractivity contribution in [3.05, 3.63) is 58.6 Å². The van der Waals surface area contributed by atoms with Crippen molar-refractivity contribution in [2.45, 2.75) is 6.42 Å². The molecule has 3 nitrogen and oxygen atoms in total. The number of hydrogen-bond donors (Lipinski definition) is 2. The zero-order valence-electron chi connectivity index (χ0n) is 10.2. The molecule has 2 aromatic carbocycles. The molecule has 0 fully saturated rings. The van der Waals surface area contributed by atoms with Gasteiger partial charge in [0.05, 0.1) is 17.1 Å². The summed E-state index contributed by atoms with van der Waals surface area (Å²) in [5.41, 5.74) is 0.674. The number of hydrogen-bond acceptors (Lipinski definition) is 2. The van der Waals surface area contributed by atoms with Crippen molar-refractivity contribution in [2.24, 2.45) is 0 Å². The van der Waals surface area contributed by atoms with Gasteiger partial charge in [-0.25, -0.2) is 8.78 Å². The largest absolute Gasteiger partial charge is 0.508 e. The normalized spacial score (nSPS) is 10.3. The minimum absolute atomic E-state index is 0.0198. The summed E-state index contributed by atoms with van der Waals surface area (Å²) >= 11 is 5.84. The third-order valence-corrected chi connectivity index (χ3v) is 2.89. The Balaban J connectivity index is 2.07. The standard InChI is InChI=1S/C14H10ClF2NO2/c15-10-7-9(19)2-4-13(10)18-14(20)6-8-1-3-11(16)12(17)5-8/h1-5,7,19H,6H2,(H,18,20). The average molecular weight is 298 g/mol. The third kappa shape index (κ3) is 3.45. The molecule has 0 radical (unpaired) electrons. The molecule has 0 unspecified atom stereocenters. The van der Waals surface area contributed by atoms with E-state index in [4.69, 9.17) is 11.6 Å². The topological polar surface area (TPSA) is 49.3 Å². The van der Waals surface area contributed by atoms with Crippen LogP contribution in [-0.2, 0) is 11.2 Å². The molecular formula is C14H10ClF2NO2. The molecule has 0 bridgehead atoms. The maximum absolute atomic E-state index is 13.0. The van der Waals surface area contributed by atoms with Crippen LogP contribution in [0.25, 0.3) is 0 Å². The molecular weight excluding hydrogens is 288 g/mol. The van der Waals surface area contributed by atoms with Crippen molar-refractivity contribution in [1.29, 1.82) is 0 Å². The number of aromatic hydroxyl groups is 1. The zero-order valence-corrected chi connectivity index (χ0v) is 10.9. The highest BCUT2D eigenvalue weighted by Gasteiger charge is 2.09. The Morgan fingerprint density at radius 2 is 1.90 bits per heavy atom. The molecule has 1 amide bonds. The first-order valence-corrected chi connectivity index (χ1v) is 6.06. The van der Waals surface area contributed by atoms with Gasteiger partial charge in [-0.05, 0) is 29.8 Å². The molecule has 0 saturated carbocycles. The number of phenols is 1. The van der Waals surface area contributed by atoms with Crippen LogP contribution in [-0.4, -0.2) is 11.0 Å². The highest BCUT2D eigenvalue weighted by molar-refractivity contribution is 6.33. The predicted molar refractivity (Wildman–Crippen MR) is 71.8 cm³/mol. The van der Waals surface area contributed by atoms with Crippen LogP contribution >= 0.6 is 11.6 Å². The van der Waals surface area contributed by atoms with Crippen molar-refractivity contribution >= 4 is 23.2 Å². The van der Waals surface area contributed by atoms with Crippen LogP contribution < -0.4 is 5.32 Å². The summed E-state index contributed by atoms with van der Waals surface area (Å²) in [6.45, 7) is 0. The Morgan fingerprint density at radius 3 is 2.55 bits per heavy atom. The van der Waals surface area contributed by atoms with Gasteiger partial charge in [-0.1, -0.05) is 17.7 Å². The Labute approximate surface area is 118 Å². The monoisotopic (exact) mass is 297 g/mol. The fraction of sp³-hybridized carbons (Fsp3) is 0.0714. The molecule has 2 N–H and O–H groups in total. The van der Waals surface area contributed by atoms with E-state index in [9.17, 15) is 18.7 Å². The SMILES string of the molecule is O=C(Cc1ccc(F)c(F)c1)Nc1ccc(O)cc1Cl. The number of rotatable bonds is 3. The minimum Gasteiger partial charge on any atom is -0.508 e. The van der Waals surface area contributed by atoms with Gasteiger partial charge in [-0.2, -0.15) is 0 Å². The second kappa shape index (κ2) is 5.88. The van der Waals surface area contributed by atoms with Crippen LogP contribution in [0.4, 0.5) is 14.5 Å². The van der Waals surface area contributed by atoms with E-state index >= 15 is 0 Å². The lowest BCUT2D eigenvalue weighted by Gasteiger charge is -2.07. The van der Waals surface area contributed by atoms with Gasteiger partial charge in [0, 0.05) is 6.07 Å². The van der Waals surface area contributed by atoms with Crippen molar-refractivity contribution in [1.82, 2.24) is 0 Å². The Kier molecular flexibility index (Phi) is 4.20. The van der Waals surface area contributed by atoms with Crippen molar-refractivity contribution in [2.75, 3.05) is 5.32 Å². The number of benzene rings is 2. The lowest BCUT2D eigenvalue weighted by Crippen LogP contribution is -2.14. The average Bonchev–Trinajstić information content (AvgIpc) is 2.37. The molecule has 20 heavy (non-hydrogen) atoms. The van der Waals surface area contributed by atoms with Crippen molar-refractivity contribution < 1.29 is 18.7 Å². The molecule has 0 heterocycles. The first-order valence-electron chi connectivity index (χ1n) is 5.68. The first-order chi connectivity index (χ1) is 9.45. The van der Waals surface area contributed by atoms with Gasteiger partial charge in [0.15, 0.2) is 11.6 Å². The van der Waals surface area contributed by atoms with Crippen LogP contribution in [0.3, 0.4) is 0 Å². The van der Waals surface area contributed by atoms with Gasteiger partial charge in [0.2, 0.25) is 5.91 Å². The smallest absolute Gasteiger partial charge is 0.228 e.